The van der Waals surface area contributed by atoms with Crippen LogP contribution in [0.2, 0.25) is 6.55 Å². The molecule has 0 amide bonds. The van der Waals surface area contributed by atoms with E-state index < -0.39 is 8.96 Å². The van der Waals surface area contributed by atoms with Crippen molar-refractivity contribution in [1.29, 1.82) is 0 Å². The van der Waals surface area contributed by atoms with E-state index in [0.29, 0.717) is 0 Å². The third-order valence-corrected chi connectivity index (χ3v) is 5.65. The molecule has 0 N–H and O–H groups in total. The molecule has 0 rings (SSSR count). The molecule has 3 atom stereocenters. The first-order chi connectivity index (χ1) is 6.08. The van der Waals surface area contributed by atoms with Gasteiger partial charge in [0.2, 0.25) is 0 Å². The Morgan fingerprint density at radius 3 is 1.85 bits per heavy atom. The molecular formula is C11H25NSi. The SMILES string of the molecule is C=C[SiH](C)N(C(C)CC)C(C)CC. The molecule has 0 aliphatic rings. The van der Waals surface area contributed by atoms with E-state index >= 15 is 0 Å². The summed E-state index contributed by atoms with van der Waals surface area (Å²) in [5, 5.41) is 0. The van der Waals surface area contributed by atoms with Crippen LogP contribution in [-0.2, 0) is 0 Å². The van der Waals surface area contributed by atoms with Crippen LogP contribution in [0.3, 0.4) is 0 Å². The summed E-state index contributed by atoms with van der Waals surface area (Å²) < 4.78 is 2.69. The Balaban J connectivity index is 4.43. The van der Waals surface area contributed by atoms with Gasteiger partial charge in [-0.2, -0.15) is 0 Å². The fourth-order valence-electron chi connectivity index (χ4n) is 1.78. The van der Waals surface area contributed by atoms with Crippen molar-refractivity contribution in [3.8, 4) is 0 Å². The lowest BCUT2D eigenvalue weighted by Crippen LogP contribution is -2.47. The van der Waals surface area contributed by atoms with Gasteiger partial charge >= 0.3 is 0 Å². The standard InChI is InChI=1S/C11H25NSi/c1-7-10(4)12(11(5)8-2)13(6)9-3/h9-11,13H,3,7-8H2,1-2,4-6H3. The molecule has 0 aromatic heterocycles. The fraction of sp³-hybridized carbons (Fsp3) is 0.818. The minimum atomic E-state index is -0.850. The molecule has 1 nitrogen and oxygen atoms in total. The van der Waals surface area contributed by atoms with E-state index in [1.54, 1.807) is 0 Å². The molecule has 0 saturated heterocycles. The second-order valence-electron chi connectivity index (χ2n) is 3.94. The molecule has 0 fully saturated rings. The summed E-state index contributed by atoms with van der Waals surface area (Å²) in [7, 11) is -0.850. The molecule has 13 heavy (non-hydrogen) atoms. The second-order valence-corrected chi connectivity index (χ2v) is 6.49. The molecule has 0 radical (unpaired) electrons. The van der Waals surface area contributed by atoms with Crippen LogP contribution in [-0.4, -0.2) is 25.6 Å². The highest BCUT2D eigenvalue weighted by Gasteiger charge is 2.21. The van der Waals surface area contributed by atoms with E-state index in [1.165, 1.54) is 12.8 Å². The van der Waals surface area contributed by atoms with Gasteiger partial charge in [-0.1, -0.05) is 39.9 Å². The van der Waals surface area contributed by atoms with Gasteiger partial charge in [-0.25, -0.2) is 0 Å². The zero-order chi connectivity index (χ0) is 10.4. The minimum Gasteiger partial charge on any atom is -0.318 e. The van der Waals surface area contributed by atoms with Crippen LogP contribution in [0.5, 0.6) is 0 Å². The van der Waals surface area contributed by atoms with Gasteiger partial charge in [0.15, 0.2) is 0 Å². The first-order valence-electron chi connectivity index (χ1n) is 5.48. The van der Waals surface area contributed by atoms with Crippen molar-refractivity contribution in [1.82, 2.24) is 4.57 Å². The van der Waals surface area contributed by atoms with Gasteiger partial charge in [0, 0.05) is 12.1 Å². The molecule has 0 aromatic rings. The van der Waals surface area contributed by atoms with Crippen molar-refractivity contribution < 1.29 is 0 Å². The zero-order valence-electron chi connectivity index (χ0n) is 9.88. The minimum absolute atomic E-state index is 0.717. The predicted octanol–water partition coefficient (Wildman–Crippen LogP) is 2.96. The maximum Gasteiger partial charge on any atom is 0.133 e. The van der Waals surface area contributed by atoms with Crippen LogP contribution in [0.1, 0.15) is 40.5 Å². The van der Waals surface area contributed by atoms with E-state index in [0.717, 1.165) is 12.1 Å². The van der Waals surface area contributed by atoms with E-state index in [4.69, 9.17) is 0 Å². The number of hydrogen-bond acceptors (Lipinski definition) is 1. The monoisotopic (exact) mass is 199 g/mol. The average Bonchev–Trinajstić information content (AvgIpc) is 2.16. The van der Waals surface area contributed by atoms with Crippen LogP contribution in [0, 0.1) is 0 Å². The predicted molar refractivity (Wildman–Crippen MR) is 64.6 cm³/mol. The Morgan fingerprint density at radius 1 is 1.23 bits per heavy atom. The molecule has 0 bridgehead atoms. The van der Waals surface area contributed by atoms with E-state index in [9.17, 15) is 0 Å². The van der Waals surface area contributed by atoms with Crippen molar-refractivity contribution in [3.05, 3.63) is 12.3 Å². The summed E-state index contributed by atoms with van der Waals surface area (Å²) in [4.78, 5) is 0. The lowest BCUT2D eigenvalue weighted by atomic mass is 10.2. The maximum atomic E-state index is 3.93. The molecule has 2 heteroatoms. The lowest BCUT2D eigenvalue weighted by molar-refractivity contribution is 0.264. The maximum absolute atomic E-state index is 3.93. The molecule has 0 spiro atoms. The number of hydrogen-bond donors (Lipinski definition) is 0. The van der Waals surface area contributed by atoms with Crippen molar-refractivity contribution >= 4 is 8.96 Å². The molecule has 0 heterocycles. The third-order valence-electron chi connectivity index (χ3n) is 3.01. The van der Waals surface area contributed by atoms with Gasteiger partial charge in [0.05, 0.1) is 0 Å². The highest BCUT2D eigenvalue weighted by Crippen LogP contribution is 2.14. The molecule has 0 aliphatic carbocycles. The van der Waals surface area contributed by atoms with Crippen LogP contribution in [0.25, 0.3) is 0 Å². The zero-order valence-corrected chi connectivity index (χ0v) is 11.0. The molecule has 78 valence electrons. The Hall–Kier alpha value is -0.0831. The van der Waals surface area contributed by atoms with Crippen LogP contribution < -0.4 is 0 Å². The smallest absolute Gasteiger partial charge is 0.133 e. The first kappa shape index (κ1) is 12.9. The third kappa shape index (κ3) is 3.65. The van der Waals surface area contributed by atoms with E-state index in [2.05, 4.69) is 51.1 Å². The van der Waals surface area contributed by atoms with Crippen molar-refractivity contribution in [2.45, 2.75) is 59.2 Å². The van der Waals surface area contributed by atoms with Gasteiger partial charge in [0.25, 0.3) is 0 Å². The second kappa shape index (κ2) is 6.38. The highest BCUT2D eigenvalue weighted by atomic mass is 28.3. The molecule has 0 saturated carbocycles. The summed E-state index contributed by atoms with van der Waals surface area (Å²) in [6.45, 7) is 15.5. The van der Waals surface area contributed by atoms with Crippen molar-refractivity contribution in [2.75, 3.05) is 0 Å². The van der Waals surface area contributed by atoms with E-state index in [-0.39, 0.29) is 0 Å². The normalized spacial score (nSPS) is 18.3. The average molecular weight is 199 g/mol. The molecular weight excluding hydrogens is 174 g/mol. The summed E-state index contributed by atoms with van der Waals surface area (Å²) >= 11 is 0. The fourth-order valence-corrected chi connectivity index (χ4v) is 4.05. The first-order valence-corrected chi connectivity index (χ1v) is 7.82. The van der Waals surface area contributed by atoms with Crippen LogP contribution >= 0.6 is 0 Å². The number of nitrogens with zero attached hydrogens (tertiary/aromatic N) is 1. The summed E-state index contributed by atoms with van der Waals surface area (Å²) in [5.41, 5.74) is 2.18. The number of rotatable bonds is 6. The quantitative estimate of drug-likeness (QED) is 0.595. The Kier molecular flexibility index (Phi) is 6.34. The molecule has 0 aromatic carbocycles. The highest BCUT2D eigenvalue weighted by molar-refractivity contribution is 6.59. The topological polar surface area (TPSA) is 3.24 Å². The van der Waals surface area contributed by atoms with Gasteiger partial charge in [-0.05, 0) is 12.8 Å². The van der Waals surface area contributed by atoms with Gasteiger partial charge in [-0.3, -0.25) is 0 Å². The largest absolute Gasteiger partial charge is 0.318 e. The molecule has 0 aliphatic heterocycles. The van der Waals surface area contributed by atoms with Crippen LogP contribution in [0.15, 0.2) is 12.3 Å². The van der Waals surface area contributed by atoms with Crippen LogP contribution in [0.4, 0.5) is 0 Å². The Morgan fingerprint density at radius 2 is 1.62 bits per heavy atom. The molecule has 3 unspecified atom stereocenters. The van der Waals surface area contributed by atoms with Gasteiger partial charge < -0.3 is 4.57 Å². The van der Waals surface area contributed by atoms with Gasteiger partial charge in [0.1, 0.15) is 8.96 Å². The summed E-state index contributed by atoms with van der Waals surface area (Å²) in [5.74, 6) is 0. The van der Waals surface area contributed by atoms with E-state index in [1.807, 2.05) is 0 Å². The Bertz CT molecular complexity index is 137. The van der Waals surface area contributed by atoms with Crippen molar-refractivity contribution in [3.63, 3.8) is 0 Å². The van der Waals surface area contributed by atoms with Gasteiger partial charge in [-0.15, -0.1) is 6.58 Å². The van der Waals surface area contributed by atoms with Crippen molar-refractivity contribution in [2.24, 2.45) is 0 Å². The lowest BCUT2D eigenvalue weighted by Gasteiger charge is -2.37. The Labute approximate surface area is 85.5 Å². The summed E-state index contributed by atoms with van der Waals surface area (Å²) in [6, 6.07) is 1.43. The summed E-state index contributed by atoms with van der Waals surface area (Å²) in [6.07, 6.45) is 2.49.